The van der Waals surface area contributed by atoms with Crippen LogP contribution in [0, 0.1) is 0 Å². The van der Waals surface area contributed by atoms with Crippen LogP contribution in [0.4, 0.5) is 0 Å². The molecule has 2 rings (SSSR count). The standard InChI is InChI=1S/C13H19Cl2N3O2/c1-9(8-18-3-5-20-6-4-18)16-13(19)11-7-10(14)12(15)17(11)2/h7,9H,3-6,8H2,1-2H3,(H,16,19)/t9-/m0/s1. The van der Waals surface area contributed by atoms with E-state index >= 15 is 0 Å². The third kappa shape index (κ3) is 3.67. The van der Waals surface area contributed by atoms with Crippen molar-refractivity contribution in [2.45, 2.75) is 13.0 Å². The number of nitrogens with zero attached hydrogens (tertiary/aromatic N) is 2. The van der Waals surface area contributed by atoms with Gasteiger partial charge >= 0.3 is 0 Å². The zero-order valence-corrected chi connectivity index (χ0v) is 13.2. The fourth-order valence-electron chi connectivity index (χ4n) is 2.27. The van der Waals surface area contributed by atoms with E-state index in [1.165, 1.54) is 0 Å². The molecule has 7 heteroatoms. The van der Waals surface area contributed by atoms with Crippen molar-refractivity contribution in [3.63, 3.8) is 0 Å². The molecule has 1 aliphatic heterocycles. The van der Waals surface area contributed by atoms with Crippen molar-refractivity contribution in [2.75, 3.05) is 32.8 Å². The minimum absolute atomic E-state index is 0.0491. The second-order valence-corrected chi connectivity index (χ2v) is 5.78. The van der Waals surface area contributed by atoms with E-state index in [1.54, 1.807) is 17.7 Å². The number of carbonyl (C=O) groups is 1. The molecule has 1 amide bonds. The maximum absolute atomic E-state index is 12.2. The summed E-state index contributed by atoms with van der Waals surface area (Å²) < 4.78 is 6.89. The van der Waals surface area contributed by atoms with Gasteiger partial charge in [-0.05, 0) is 13.0 Å². The molecule has 1 aromatic heterocycles. The molecule has 1 N–H and O–H groups in total. The fraction of sp³-hybridized carbons (Fsp3) is 0.615. The second-order valence-electron chi connectivity index (χ2n) is 5.01. The Morgan fingerprint density at radius 2 is 2.10 bits per heavy atom. The van der Waals surface area contributed by atoms with Crippen molar-refractivity contribution in [3.05, 3.63) is 21.9 Å². The molecule has 2 heterocycles. The molecule has 5 nitrogen and oxygen atoms in total. The third-order valence-corrected chi connectivity index (χ3v) is 4.20. The molecule has 20 heavy (non-hydrogen) atoms. The number of nitrogens with one attached hydrogen (secondary N) is 1. The summed E-state index contributed by atoms with van der Waals surface area (Å²) in [5.41, 5.74) is 0.467. The lowest BCUT2D eigenvalue weighted by atomic mass is 10.2. The molecule has 0 bridgehead atoms. The quantitative estimate of drug-likeness (QED) is 0.920. The zero-order chi connectivity index (χ0) is 14.7. The minimum atomic E-state index is -0.165. The van der Waals surface area contributed by atoms with Gasteiger partial charge in [0.25, 0.3) is 5.91 Å². The molecular weight excluding hydrogens is 301 g/mol. The monoisotopic (exact) mass is 319 g/mol. The van der Waals surface area contributed by atoms with E-state index in [0.29, 0.717) is 15.9 Å². The number of aromatic nitrogens is 1. The van der Waals surface area contributed by atoms with Gasteiger partial charge in [0, 0.05) is 32.7 Å². The van der Waals surface area contributed by atoms with Gasteiger partial charge in [0.15, 0.2) is 0 Å². The molecule has 0 aliphatic carbocycles. The van der Waals surface area contributed by atoms with E-state index in [9.17, 15) is 4.79 Å². The first kappa shape index (κ1) is 15.6. The molecule has 0 saturated carbocycles. The van der Waals surface area contributed by atoms with Gasteiger partial charge in [-0.2, -0.15) is 0 Å². The van der Waals surface area contributed by atoms with E-state index in [0.717, 1.165) is 32.8 Å². The average Bonchev–Trinajstić information content (AvgIpc) is 2.67. The van der Waals surface area contributed by atoms with Crippen molar-refractivity contribution in [2.24, 2.45) is 7.05 Å². The molecule has 1 aromatic rings. The summed E-state index contributed by atoms with van der Waals surface area (Å²) in [5, 5.41) is 3.73. The lowest BCUT2D eigenvalue weighted by Crippen LogP contribution is -2.46. The number of amides is 1. The van der Waals surface area contributed by atoms with Crippen LogP contribution in [0.3, 0.4) is 0 Å². The van der Waals surface area contributed by atoms with Gasteiger partial charge in [0.2, 0.25) is 0 Å². The van der Waals surface area contributed by atoms with E-state index in [4.69, 9.17) is 27.9 Å². The first-order valence-electron chi connectivity index (χ1n) is 6.60. The lowest BCUT2D eigenvalue weighted by Gasteiger charge is -2.29. The van der Waals surface area contributed by atoms with Crippen LogP contribution in [-0.2, 0) is 11.8 Å². The molecule has 0 radical (unpaired) electrons. The first-order valence-corrected chi connectivity index (χ1v) is 7.36. The molecule has 1 saturated heterocycles. The summed E-state index contributed by atoms with van der Waals surface area (Å²) in [6.07, 6.45) is 0. The average molecular weight is 320 g/mol. The van der Waals surface area contributed by atoms with Crippen LogP contribution in [0.25, 0.3) is 0 Å². The summed E-state index contributed by atoms with van der Waals surface area (Å²) >= 11 is 11.9. The number of rotatable bonds is 4. The Labute approximate surface area is 128 Å². The van der Waals surface area contributed by atoms with Crippen molar-refractivity contribution in [1.29, 1.82) is 0 Å². The molecular formula is C13H19Cl2N3O2. The highest BCUT2D eigenvalue weighted by Crippen LogP contribution is 2.25. The normalized spacial score (nSPS) is 18.0. The Balaban J connectivity index is 1.91. The molecule has 1 aliphatic rings. The number of morpholine rings is 1. The highest BCUT2D eigenvalue weighted by molar-refractivity contribution is 6.41. The Kier molecular flexibility index (Phi) is 5.32. The van der Waals surface area contributed by atoms with Crippen molar-refractivity contribution in [3.8, 4) is 0 Å². The highest BCUT2D eigenvalue weighted by Gasteiger charge is 2.19. The summed E-state index contributed by atoms with van der Waals surface area (Å²) in [5.74, 6) is -0.165. The predicted octanol–water partition coefficient (Wildman–Crippen LogP) is 1.78. The van der Waals surface area contributed by atoms with Crippen LogP contribution < -0.4 is 5.32 Å². The largest absolute Gasteiger partial charge is 0.379 e. The second kappa shape index (κ2) is 6.80. The van der Waals surface area contributed by atoms with Crippen LogP contribution in [0.15, 0.2) is 6.07 Å². The summed E-state index contributed by atoms with van der Waals surface area (Å²) in [6.45, 7) is 6.11. The molecule has 0 aromatic carbocycles. The molecule has 1 atom stereocenters. The Hall–Kier alpha value is -0.750. The smallest absolute Gasteiger partial charge is 0.268 e. The van der Waals surface area contributed by atoms with Crippen molar-refractivity contribution in [1.82, 2.24) is 14.8 Å². The van der Waals surface area contributed by atoms with E-state index in [-0.39, 0.29) is 11.9 Å². The van der Waals surface area contributed by atoms with Crippen LogP contribution in [0.1, 0.15) is 17.4 Å². The maximum atomic E-state index is 12.2. The number of carbonyl (C=O) groups excluding carboxylic acids is 1. The number of hydrogen-bond acceptors (Lipinski definition) is 3. The number of hydrogen-bond donors (Lipinski definition) is 1. The van der Waals surface area contributed by atoms with E-state index in [1.807, 2.05) is 6.92 Å². The van der Waals surface area contributed by atoms with Gasteiger partial charge in [0.1, 0.15) is 10.8 Å². The minimum Gasteiger partial charge on any atom is -0.379 e. The maximum Gasteiger partial charge on any atom is 0.268 e. The van der Waals surface area contributed by atoms with Crippen LogP contribution >= 0.6 is 23.2 Å². The zero-order valence-electron chi connectivity index (χ0n) is 11.7. The van der Waals surface area contributed by atoms with Gasteiger partial charge in [-0.15, -0.1) is 0 Å². The Morgan fingerprint density at radius 3 is 2.65 bits per heavy atom. The molecule has 0 spiro atoms. The van der Waals surface area contributed by atoms with E-state index < -0.39 is 0 Å². The third-order valence-electron chi connectivity index (χ3n) is 3.36. The SMILES string of the molecule is C[C@@H](CN1CCOCC1)NC(=O)c1cc(Cl)c(Cl)n1C. The van der Waals surface area contributed by atoms with Gasteiger partial charge in [-0.25, -0.2) is 0 Å². The van der Waals surface area contributed by atoms with Gasteiger partial charge in [-0.1, -0.05) is 23.2 Å². The van der Waals surface area contributed by atoms with Crippen LogP contribution in [0.2, 0.25) is 10.2 Å². The predicted molar refractivity (Wildman–Crippen MR) is 79.6 cm³/mol. The van der Waals surface area contributed by atoms with Crippen LogP contribution in [-0.4, -0.2) is 54.3 Å². The summed E-state index contributed by atoms with van der Waals surface area (Å²) in [6, 6.07) is 1.63. The molecule has 0 unspecified atom stereocenters. The highest BCUT2D eigenvalue weighted by atomic mass is 35.5. The van der Waals surface area contributed by atoms with Crippen molar-refractivity contribution < 1.29 is 9.53 Å². The number of halogens is 2. The summed E-state index contributed by atoms with van der Waals surface area (Å²) in [7, 11) is 1.72. The van der Waals surface area contributed by atoms with E-state index in [2.05, 4.69) is 10.2 Å². The van der Waals surface area contributed by atoms with Crippen molar-refractivity contribution >= 4 is 29.1 Å². The lowest BCUT2D eigenvalue weighted by molar-refractivity contribution is 0.0342. The first-order chi connectivity index (χ1) is 9.49. The summed E-state index contributed by atoms with van der Waals surface area (Å²) in [4.78, 5) is 14.5. The van der Waals surface area contributed by atoms with Crippen LogP contribution in [0.5, 0.6) is 0 Å². The van der Waals surface area contributed by atoms with Gasteiger partial charge < -0.3 is 14.6 Å². The Morgan fingerprint density at radius 1 is 1.45 bits per heavy atom. The van der Waals surface area contributed by atoms with Gasteiger partial charge in [-0.3, -0.25) is 9.69 Å². The molecule has 112 valence electrons. The molecule has 1 fully saturated rings. The Bertz CT molecular complexity index is 484. The van der Waals surface area contributed by atoms with Gasteiger partial charge in [0.05, 0.1) is 18.2 Å². The topological polar surface area (TPSA) is 46.5 Å². The fourth-order valence-corrected chi connectivity index (χ4v) is 2.65. The number of ether oxygens (including phenoxy) is 1.